The molecule has 42 heavy (non-hydrogen) atoms. The van der Waals surface area contributed by atoms with Crippen LogP contribution in [0.25, 0.3) is 0 Å². The molecular weight excluding hydrogens is 550 g/mol. The van der Waals surface area contributed by atoms with Gasteiger partial charge < -0.3 is 24.1 Å². The smallest absolute Gasteiger partial charge is 0.262 e. The lowest BCUT2D eigenvalue weighted by Crippen LogP contribution is -2.66. The second kappa shape index (κ2) is 13.4. The molecule has 2 heterocycles. The van der Waals surface area contributed by atoms with Crippen LogP contribution in [-0.2, 0) is 32.2 Å². The molecule has 8 nitrogen and oxygen atoms in total. The first kappa shape index (κ1) is 30.3. The van der Waals surface area contributed by atoms with Gasteiger partial charge in [0, 0.05) is 14.7 Å². The zero-order chi connectivity index (χ0) is 29.7. The van der Waals surface area contributed by atoms with E-state index in [1.807, 2.05) is 60.7 Å². The summed E-state index contributed by atoms with van der Waals surface area (Å²) in [5.41, 5.74) is 2.51. The largest absolute Gasteiger partial charge is 0.388 e. The van der Waals surface area contributed by atoms with Crippen LogP contribution in [0.4, 0.5) is 0 Å². The summed E-state index contributed by atoms with van der Waals surface area (Å²) < 4.78 is 25.0. The molecule has 0 unspecified atom stereocenters. The van der Waals surface area contributed by atoms with Crippen molar-refractivity contribution in [1.29, 1.82) is 0 Å². The zero-order valence-corrected chi connectivity index (χ0v) is 25.3. The number of amides is 2. The predicted molar refractivity (Wildman–Crippen MR) is 161 cm³/mol. The van der Waals surface area contributed by atoms with Gasteiger partial charge >= 0.3 is 0 Å². The Morgan fingerprint density at radius 1 is 0.786 bits per heavy atom. The Hall–Kier alpha value is -3.18. The number of imide groups is 1. The van der Waals surface area contributed by atoms with Crippen molar-refractivity contribution in [3.63, 3.8) is 0 Å². The molecule has 2 aliphatic heterocycles. The van der Waals surface area contributed by atoms with Gasteiger partial charge in [-0.2, -0.15) is 0 Å². The number of nitrogens with zero attached hydrogens (tertiary/aromatic N) is 1. The van der Waals surface area contributed by atoms with Crippen molar-refractivity contribution in [2.75, 3.05) is 13.2 Å². The van der Waals surface area contributed by atoms with Crippen LogP contribution in [0.5, 0.6) is 0 Å². The van der Waals surface area contributed by atoms with E-state index in [0.717, 1.165) is 22.1 Å². The topological polar surface area (TPSA) is 94.5 Å². The maximum Gasteiger partial charge on any atom is 0.262 e. The lowest BCUT2D eigenvalue weighted by atomic mass is 9.95. The molecule has 1 N–H and O–H groups in total. The Kier molecular flexibility index (Phi) is 9.67. The van der Waals surface area contributed by atoms with Gasteiger partial charge in [0.2, 0.25) is 0 Å². The monoisotopic (exact) mass is 589 g/mol. The molecule has 0 radical (unpaired) electrons. The number of benzene rings is 3. The van der Waals surface area contributed by atoms with E-state index in [4.69, 9.17) is 18.9 Å². The Labute approximate surface area is 248 Å². The van der Waals surface area contributed by atoms with Crippen molar-refractivity contribution < 1.29 is 33.6 Å². The number of aliphatic hydroxyl groups excluding tert-OH is 1. The Balaban J connectivity index is 1.44. The van der Waals surface area contributed by atoms with Gasteiger partial charge in [0.1, 0.15) is 24.4 Å². The molecule has 3 aromatic rings. The van der Waals surface area contributed by atoms with Gasteiger partial charge in [0.05, 0.1) is 30.9 Å². The highest BCUT2D eigenvalue weighted by Crippen LogP contribution is 2.35. The second-order valence-corrected chi connectivity index (χ2v) is 17.6. The SMILES string of the molecule is C[Si](C)(C)CCO[C@@H]1O[C@H](COCc2ccccc2)[C@@H](O)[C@H](OCc2ccccc2)[C@H]1N1C(=O)c2ccccc2C1=O. The number of rotatable bonds is 12. The lowest BCUT2D eigenvalue weighted by molar-refractivity contribution is -0.289. The van der Waals surface area contributed by atoms with E-state index in [1.165, 1.54) is 0 Å². The number of hydrogen-bond acceptors (Lipinski definition) is 7. The van der Waals surface area contributed by atoms with Gasteiger partial charge in [-0.3, -0.25) is 14.5 Å². The highest BCUT2D eigenvalue weighted by atomic mass is 28.3. The molecule has 1 fully saturated rings. The highest BCUT2D eigenvalue weighted by Gasteiger charge is 2.54. The van der Waals surface area contributed by atoms with Crippen molar-refractivity contribution in [2.45, 2.75) is 69.5 Å². The molecule has 9 heteroatoms. The number of carbonyl (C=O) groups excluding carboxylic acids is 2. The molecule has 0 saturated carbocycles. The van der Waals surface area contributed by atoms with Crippen LogP contribution in [0, 0.1) is 0 Å². The quantitative estimate of drug-likeness (QED) is 0.237. The average molecular weight is 590 g/mol. The molecule has 3 aromatic carbocycles. The lowest BCUT2D eigenvalue weighted by Gasteiger charge is -2.47. The fourth-order valence-electron chi connectivity index (χ4n) is 5.24. The zero-order valence-electron chi connectivity index (χ0n) is 24.3. The van der Waals surface area contributed by atoms with E-state index in [-0.39, 0.29) is 13.2 Å². The third-order valence-corrected chi connectivity index (χ3v) is 9.28. The van der Waals surface area contributed by atoms with Crippen LogP contribution in [0.2, 0.25) is 25.7 Å². The van der Waals surface area contributed by atoms with E-state index in [1.54, 1.807) is 24.3 Å². The summed E-state index contributed by atoms with van der Waals surface area (Å²) in [7, 11) is -1.47. The standard InChI is InChI=1S/C33H39NO7Si/c1-42(2,3)19-18-39-33-28(34-31(36)25-16-10-11-17-26(25)32(34)37)30(40-21-24-14-8-5-9-15-24)29(35)27(41-33)22-38-20-23-12-6-4-7-13-23/h4-17,27-30,33,35H,18-22H2,1-3H3/t27-,28-,29-,30-,33-/m1/s1. The van der Waals surface area contributed by atoms with Gasteiger partial charge in [-0.1, -0.05) is 92.4 Å². The molecule has 2 amide bonds. The summed E-state index contributed by atoms with van der Waals surface area (Å²) in [5, 5.41) is 11.7. The van der Waals surface area contributed by atoms with Crippen LogP contribution in [-0.4, -0.2) is 73.8 Å². The minimum absolute atomic E-state index is 0.0734. The number of ether oxygens (including phenoxy) is 4. The maximum atomic E-state index is 13.7. The Morgan fingerprint density at radius 2 is 1.33 bits per heavy atom. The molecule has 0 spiro atoms. The normalized spacial score (nSPS) is 24.2. The summed E-state index contributed by atoms with van der Waals surface area (Å²) in [6, 6.07) is 25.9. The summed E-state index contributed by atoms with van der Waals surface area (Å²) in [6.45, 7) is 7.71. The van der Waals surface area contributed by atoms with Crippen LogP contribution in [0.3, 0.4) is 0 Å². The number of hydrogen-bond donors (Lipinski definition) is 1. The van der Waals surface area contributed by atoms with Crippen molar-refractivity contribution in [1.82, 2.24) is 4.90 Å². The first-order valence-corrected chi connectivity index (χ1v) is 18.1. The van der Waals surface area contributed by atoms with Gasteiger partial charge in [0.25, 0.3) is 11.8 Å². The Morgan fingerprint density at radius 3 is 1.90 bits per heavy atom. The van der Waals surface area contributed by atoms with E-state index in [9.17, 15) is 14.7 Å². The molecule has 2 aliphatic rings. The third-order valence-electron chi connectivity index (χ3n) is 7.58. The Bertz CT molecular complexity index is 1310. The summed E-state index contributed by atoms with van der Waals surface area (Å²) in [5.74, 6) is -0.912. The van der Waals surface area contributed by atoms with E-state index in [2.05, 4.69) is 19.6 Å². The van der Waals surface area contributed by atoms with Crippen molar-refractivity contribution in [3.8, 4) is 0 Å². The van der Waals surface area contributed by atoms with Gasteiger partial charge in [-0.15, -0.1) is 0 Å². The first-order valence-electron chi connectivity index (χ1n) is 14.4. The van der Waals surface area contributed by atoms with E-state index < -0.39 is 50.5 Å². The van der Waals surface area contributed by atoms with Crippen molar-refractivity contribution in [2.24, 2.45) is 0 Å². The van der Waals surface area contributed by atoms with E-state index >= 15 is 0 Å². The molecular formula is C33H39NO7Si. The highest BCUT2D eigenvalue weighted by molar-refractivity contribution is 6.76. The predicted octanol–water partition coefficient (Wildman–Crippen LogP) is 4.89. The number of fused-ring (bicyclic) bond motifs is 1. The van der Waals surface area contributed by atoms with Crippen molar-refractivity contribution in [3.05, 3.63) is 107 Å². The van der Waals surface area contributed by atoms with Gasteiger partial charge in [0.15, 0.2) is 6.29 Å². The molecule has 0 bridgehead atoms. The van der Waals surface area contributed by atoms with Crippen LogP contribution < -0.4 is 0 Å². The van der Waals surface area contributed by atoms with E-state index in [0.29, 0.717) is 24.3 Å². The summed E-state index contributed by atoms with van der Waals surface area (Å²) in [4.78, 5) is 28.5. The third kappa shape index (κ3) is 7.06. The molecule has 5 atom stereocenters. The second-order valence-electron chi connectivity index (χ2n) is 12.0. The van der Waals surface area contributed by atoms with Gasteiger partial charge in [-0.25, -0.2) is 0 Å². The molecule has 1 saturated heterocycles. The molecule has 0 aliphatic carbocycles. The molecule has 5 rings (SSSR count). The first-order chi connectivity index (χ1) is 20.2. The van der Waals surface area contributed by atoms with Crippen LogP contribution in [0.1, 0.15) is 31.8 Å². The number of carbonyl (C=O) groups is 2. The maximum absolute atomic E-state index is 13.7. The molecule has 222 valence electrons. The summed E-state index contributed by atoms with van der Waals surface area (Å²) in [6.07, 6.45) is -4.00. The minimum atomic E-state index is -1.47. The summed E-state index contributed by atoms with van der Waals surface area (Å²) >= 11 is 0. The van der Waals surface area contributed by atoms with Crippen LogP contribution in [0.15, 0.2) is 84.9 Å². The fraction of sp³-hybridized carbons (Fsp3) is 0.394. The number of aliphatic hydroxyl groups is 1. The average Bonchev–Trinajstić information content (AvgIpc) is 3.23. The van der Waals surface area contributed by atoms with Crippen LogP contribution >= 0.6 is 0 Å². The fourth-order valence-corrected chi connectivity index (χ4v) is 5.97. The minimum Gasteiger partial charge on any atom is -0.388 e. The van der Waals surface area contributed by atoms with Crippen molar-refractivity contribution >= 4 is 19.9 Å². The van der Waals surface area contributed by atoms with Gasteiger partial charge in [-0.05, 0) is 29.3 Å². The molecule has 0 aromatic heterocycles.